The standard InChI is InChI=1S/C19H22N2O2/c1-14-10-11-17(13-15(14)2)21-18(22)9-6-12-20-19(23)16-7-4-3-5-8-16/h3-5,7-8,10-11,13H,6,9,12H2,1-2H3,(H,20,23)(H,21,22). The largest absolute Gasteiger partial charge is 0.352 e. The predicted molar refractivity (Wildman–Crippen MR) is 92.6 cm³/mol. The molecular formula is C19H22N2O2. The third-order valence-electron chi connectivity index (χ3n) is 3.69. The summed E-state index contributed by atoms with van der Waals surface area (Å²) in [5.74, 6) is -0.151. The molecule has 4 nitrogen and oxygen atoms in total. The van der Waals surface area contributed by atoms with Crippen molar-refractivity contribution in [2.45, 2.75) is 26.7 Å². The van der Waals surface area contributed by atoms with Gasteiger partial charge in [-0.2, -0.15) is 0 Å². The van der Waals surface area contributed by atoms with Crippen LogP contribution in [0.1, 0.15) is 34.3 Å². The lowest BCUT2D eigenvalue weighted by molar-refractivity contribution is -0.116. The average Bonchev–Trinajstić information content (AvgIpc) is 2.55. The Morgan fingerprint density at radius 1 is 0.957 bits per heavy atom. The van der Waals surface area contributed by atoms with Crippen LogP contribution in [0.2, 0.25) is 0 Å². The summed E-state index contributed by atoms with van der Waals surface area (Å²) in [5.41, 5.74) is 3.79. The molecule has 2 aromatic carbocycles. The van der Waals surface area contributed by atoms with Crippen LogP contribution < -0.4 is 10.6 Å². The smallest absolute Gasteiger partial charge is 0.251 e. The normalized spacial score (nSPS) is 10.2. The fourth-order valence-corrected chi connectivity index (χ4v) is 2.19. The highest BCUT2D eigenvalue weighted by Gasteiger charge is 2.06. The zero-order valence-electron chi connectivity index (χ0n) is 13.6. The van der Waals surface area contributed by atoms with Gasteiger partial charge in [0.2, 0.25) is 5.91 Å². The van der Waals surface area contributed by atoms with Crippen LogP contribution in [0.5, 0.6) is 0 Å². The molecule has 4 heteroatoms. The topological polar surface area (TPSA) is 58.2 Å². The van der Waals surface area contributed by atoms with E-state index in [9.17, 15) is 9.59 Å². The van der Waals surface area contributed by atoms with E-state index in [4.69, 9.17) is 0 Å². The van der Waals surface area contributed by atoms with Crippen LogP contribution >= 0.6 is 0 Å². The summed E-state index contributed by atoms with van der Waals surface area (Å²) in [5, 5.41) is 5.69. The number of rotatable bonds is 6. The van der Waals surface area contributed by atoms with Gasteiger partial charge in [-0.25, -0.2) is 0 Å². The monoisotopic (exact) mass is 310 g/mol. The minimum Gasteiger partial charge on any atom is -0.352 e. The molecule has 2 amide bonds. The molecule has 0 heterocycles. The van der Waals surface area contributed by atoms with Crippen molar-refractivity contribution in [3.63, 3.8) is 0 Å². The van der Waals surface area contributed by atoms with Gasteiger partial charge in [0.15, 0.2) is 0 Å². The van der Waals surface area contributed by atoms with E-state index in [1.165, 1.54) is 5.56 Å². The Bertz CT molecular complexity index is 681. The van der Waals surface area contributed by atoms with Crippen LogP contribution in [0.25, 0.3) is 0 Å². The first-order valence-electron chi connectivity index (χ1n) is 7.76. The molecule has 120 valence electrons. The molecule has 0 atom stereocenters. The Kier molecular flexibility index (Phi) is 5.92. The van der Waals surface area contributed by atoms with Gasteiger partial charge in [-0.1, -0.05) is 24.3 Å². The second-order valence-corrected chi connectivity index (χ2v) is 5.57. The summed E-state index contributed by atoms with van der Waals surface area (Å²) >= 11 is 0. The predicted octanol–water partition coefficient (Wildman–Crippen LogP) is 3.45. The maximum absolute atomic E-state index is 11.9. The molecule has 0 unspecified atom stereocenters. The van der Waals surface area contributed by atoms with Gasteiger partial charge >= 0.3 is 0 Å². The van der Waals surface area contributed by atoms with E-state index in [-0.39, 0.29) is 11.8 Å². The molecule has 0 aliphatic rings. The van der Waals surface area contributed by atoms with E-state index in [0.29, 0.717) is 24.9 Å². The number of hydrogen-bond donors (Lipinski definition) is 2. The zero-order valence-corrected chi connectivity index (χ0v) is 13.6. The molecule has 2 N–H and O–H groups in total. The summed E-state index contributed by atoms with van der Waals surface area (Å²) in [4.78, 5) is 23.7. The number of carbonyl (C=O) groups is 2. The number of aryl methyl sites for hydroxylation is 2. The molecule has 0 fully saturated rings. The van der Waals surface area contributed by atoms with Crippen molar-refractivity contribution < 1.29 is 9.59 Å². The maximum Gasteiger partial charge on any atom is 0.251 e. The second kappa shape index (κ2) is 8.13. The van der Waals surface area contributed by atoms with E-state index in [1.54, 1.807) is 12.1 Å². The number of carbonyl (C=O) groups excluding carboxylic acids is 2. The van der Waals surface area contributed by atoms with Crippen LogP contribution in [0.15, 0.2) is 48.5 Å². The summed E-state index contributed by atoms with van der Waals surface area (Å²) in [7, 11) is 0. The van der Waals surface area contributed by atoms with Gasteiger partial charge in [0.1, 0.15) is 0 Å². The molecule has 0 bridgehead atoms. The molecule has 0 aliphatic carbocycles. The van der Waals surface area contributed by atoms with Crippen LogP contribution in [-0.4, -0.2) is 18.4 Å². The van der Waals surface area contributed by atoms with Gasteiger partial charge < -0.3 is 10.6 Å². The van der Waals surface area contributed by atoms with Crippen molar-refractivity contribution in [3.8, 4) is 0 Å². The lowest BCUT2D eigenvalue weighted by Gasteiger charge is -2.08. The highest BCUT2D eigenvalue weighted by Crippen LogP contribution is 2.14. The van der Waals surface area contributed by atoms with E-state index in [1.807, 2.05) is 50.2 Å². The van der Waals surface area contributed by atoms with Crippen molar-refractivity contribution in [1.29, 1.82) is 0 Å². The molecule has 0 aromatic heterocycles. The van der Waals surface area contributed by atoms with Crippen LogP contribution in [0, 0.1) is 13.8 Å². The minimum absolute atomic E-state index is 0.0396. The average molecular weight is 310 g/mol. The molecule has 0 aliphatic heterocycles. The van der Waals surface area contributed by atoms with Crippen molar-refractivity contribution in [2.75, 3.05) is 11.9 Å². The second-order valence-electron chi connectivity index (χ2n) is 5.57. The summed E-state index contributed by atoms with van der Waals surface area (Å²) in [6, 6.07) is 14.9. The third kappa shape index (κ3) is 5.25. The van der Waals surface area contributed by atoms with Crippen LogP contribution in [0.4, 0.5) is 5.69 Å². The van der Waals surface area contributed by atoms with Crippen molar-refractivity contribution in [2.24, 2.45) is 0 Å². The molecule has 2 aromatic rings. The molecule has 0 radical (unpaired) electrons. The lowest BCUT2D eigenvalue weighted by Crippen LogP contribution is -2.25. The van der Waals surface area contributed by atoms with E-state index in [0.717, 1.165) is 11.3 Å². The number of nitrogens with one attached hydrogen (secondary N) is 2. The fourth-order valence-electron chi connectivity index (χ4n) is 2.19. The quantitative estimate of drug-likeness (QED) is 0.803. The Labute approximate surface area is 136 Å². The first kappa shape index (κ1) is 16.7. The number of amides is 2. The Morgan fingerprint density at radius 2 is 1.70 bits per heavy atom. The van der Waals surface area contributed by atoms with Gasteiger partial charge in [0, 0.05) is 24.2 Å². The van der Waals surface area contributed by atoms with Crippen LogP contribution in [0.3, 0.4) is 0 Å². The Hall–Kier alpha value is -2.62. The van der Waals surface area contributed by atoms with Gasteiger partial charge in [-0.05, 0) is 55.7 Å². The Morgan fingerprint density at radius 3 is 2.39 bits per heavy atom. The van der Waals surface area contributed by atoms with Gasteiger partial charge in [-0.3, -0.25) is 9.59 Å². The molecular weight excluding hydrogens is 288 g/mol. The number of benzene rings is 2. The molecule has 2 rings (SSSR count). The molecule has 0 saturated carbocycles. The van der Waals surface area contributed by atoms with E-state index < -0.39 is 0 Å². The first-order valence-corrected chi connectivity index (χ1v) is 7.76. The van der Waals surface area contributed by atoms with Gasteiger partial charge in [-0.15, -0.1) is 0 Å². The fraction of sp³-hybridized carbons (Fsp3) is 0.263. The summed E-state index contributed by atoms with van der Waals surface area (Å²) in [6.45, 7) is 4.54. The van der Waals surface area contributed by atoms with Gasteiger partial charge in [0.25, 0.3) is 5.91 Å². The van der Waals surface area contributed by atoms with Crippen LogP contribution in [-0.2, 0) is 4.79 Å². The van der Waals surface area contributed by atoms with Gasteiger partial charge in [0.05, 0.1) is 0 Å². The maximum atomic E-state index is 11.9. The minimum atomic E-state index is -0.111. The summed E-state index contributed by atoms with van der Waals surface area (Å²) < 4.78 is 0. The SMILES string of the molecule is Cc1ccc(NC(=O)CCCNC(=O)c2ccccc2)cc1C. The van der Waals surface area contributed by atoms with Crippen molar-refractivity contribution in [1.82, 2.24) is 5.32 Å². The van der Waals surface area contributed by atoms with Crippen molar-refractivity contribution in [3.05, 3.63) is 65.2 Å². The van der Waals surface area contributed by atoms with E-state index >= 15 is 0 Å². The van der Waals surface area contributed by atoms with E-state index in [2.05, 4.69) is 10.6 Å². The zero-order chi connectivity index (χ0) is 16.7. The van der Waals surface area contributed by atoms with Crippen molar-refractivity contribution >= 4 is 17.5 Å². The highest BCUT2D eigenvalue weighted by atomic mass is 16.2. The molecule has 0 saturated heterocycles. The number of hydrogen-bond acceptors (Lipinski definition) is 2. The molecule has 23 heavy (non-hydrogen) atoms. The first-order chi connectivity index (χ1) is 11.1. The Balaban J connectivity index is 1.70. The lowest BCUT2D eigenvalue weighted by atomic mass is 10.1. The third-order valence-corrected chi connectivity index (χ3v) is 3.69. The number of anilines is 1. The highest BCUT2D eigenvalue weighted by molar-refractivity contribution is 5.94. The summed E-state index contributed by atoms with van der Waals surface area (Å²) in [6.07, 6.45) is 0.983. The molecule has 0 spiro atoms.